The number of aryl methyl sites for hydroxylation is 1. The Balaban J connectivity index is 2.45. The zero-order chi connectivity index (χ0) is 10.4. The minimum absolute atomic E-state index is 0.357. The number of benzene rings is 1. The van der Waals surface area contributed by atoms with E-state index in [4.69, 9.17) is 5.73 Å². The molecule has 0 saturated heterocycles. The van der Waals surface area contributed by atoms with Crippen molar-refractivity contribution in [3.63, 3.8) is 0 Å². The van der Waals surface area contributed by atoms with Crippen LogP contribution in [0.3, 0.4) is 0 Å². The van der Waals surface area contributed by atoms with E-state index in [-0.39, 0.29) is 0 Å². The first-order valence-corrected chi connectivity index (χ1v) is 4.93. The molecular weight excluding hydrogens is 176 g/mol. The number of phenolic OH excluding ortho intramolecular Hbond substituents is 1. The zero-order valence-corrected chi connectivity index (χ0v) is 8.59. The van der Waals surface area contributed by atoms with Crippen LogP contribution in [0.4, 0.5) is 0 Å². The molecule has 0 aliphatic carbocycles. The summed E-state index contributed by atoms with van der Waals surface area (Å²) in [4.78, 5) is 0. The van der Waals surface area contributed by atoms with Gasteiger partial charge in [-0.25, -0.2) is 0 Å². The van der Waals surface area contributed by atoms with E-state index in [1.54, 1.807) is 6.07 Å². The highest BCUT2D eigenvalue weighted by molar-refractivity contribution is 5.35. The third-order valence-electron chi connectivity index (χ3n) is 2.11. The van der Waals surface area contributed by atoms with Crippen molar-refractivity contribution in [3.8, 4) is 5.75 Å². The Kier molecular flexibility index (Phi) is 4.43. The number of rotatable bonds is 5. The first-order chi connectivity index (χ1) is 6.74. The van der Waals surface area contributed by atoms with Crippen LogP contribution >= 0.6 is 0 Å². The SMILES string of the molecule is Cc1ccc(O)c(CNCCCN)c1. The minimum Gasteiger partial charge on any atom is -0.508 e. The normalized spacial score (nSPS) is 10.4. The van der Waals surface area contributed by atoms with Gasteiger partial charge < -0.3 is 16.2 Å². The molecule has 3 heteroatoms. The maximum absolute atomic E-state index is 9.53. The van der Waals surface area contributed by atoms with E-state index >= 15 is 0 Å². The average Bonchev–Trinajstić information content (AvgIpc) is 2.18. The first-order valence-electron chi connectivity index (χ1n) is 4.93. The van der Waals surface area contributed by atoms with Gasteiger partial charge in [0.25, 0.3) is 0 Å². The van der Waals surface area contributed by atoms with Crippen molar-refractivity contribution in [2.75, 3.05) is 13.1 Å². The van der Waals surface area contributed by atoms with Crippen LogP contribution in [0, 0.1) is 6.92 Å². The fourth-order valence-corrected chi connectivity index (χ4v) is 1.31. The van der Waals surface area contributed by atoms with E-state index in [1.165, 1.54) is 5.56 Å². The largest absolute Gasteiger partial charge is 0.508 e. The second-order valence-electron chi connectivity index (χ2n) is 3.45. The van der Waals surface area contributed by atoms with E-state index < -0.39 is 0 Å². The van der Waals surface area contributed by atoms with E-state index in [1.807, 2.05) is 19.1 Å². The highest BCUT2D eigenvalue weighted by Crippen LogP contribution is 2.17. The lowest BCUT2D eigenvalue weighted by Crippen LogP contribution is -2.17. The Hall–Kier alpha value is -1.06. The predicted molar refractivity (Wildman–Crippen MR) is 58.2 cm³/mol. The second kappa shape index (κ2) is 5.62. The van der Waals surface area contributed by atoms with Crippen LogP contribution in [0.2, 0.25) is 0 Å². The molecule has 1 rings (SSSR count). The summed E-state index contributed by atoms with van der Waals surface area (Å²) in [7, 11) is 0. The van der Waals surface area contributed by atoms with Gasteiger partial charge in [0.05, 0.1) is 0 Å². The van der Waals surface area contributed by atoms with Gasteiger partial charge in [-0.1, -0.05) is 17.7 Å². The third-order valence-corrected chi connectivity index (χ3v) is 2.11. The lowest BCUT2D eigenvalue weighted by molar-refractivity contribution is 0.464. The number of nitrogens with two attached hydrogens (primary N) is 1. The van der Waals surface area contributed by atoms with Crippen molar-refractivity contribution in [1.82, 2.24) is 5.32 Å². The van der Waals surface area contributed by atoms with E-state index in [0.717, 1.165) is 18.5 Å². The van der Waals surface area contributed by atoms with Crippen molar-refractivity contribution in [2.45, 2.75) is 19.9 Å². The van der Waals surface area contributed by atoms with Crippen LogP contribution in [-0.4, -0.2) is 18.2 Å². The molecule has 0 aliphatic rings. The number of hydrogen-bond acceptors (Lipinski definition) is 3. The Morgan fingerprint density at radius 1 is 1.43 bits per heavy atom. The molecule has 0 fully saturated rings. The third kappa shape index (κ3) is 3.36. The summed E-state index contributed by atoms with van der Waals surface area (Å²) in [6.45, 7) is 4.31. The topological polar surface area (TPSA) is 58.3 Å². The van der Waals surface area contributed by atoms with Crippen molar-refractivity contribution in [1.29, 1.82) is 0 Å². The molecule has 0 unspecified atom stereocenters. The Morgan fingerprint density at radius 2 is 2.21 bits per heavy atom. The molecule has 3 nitrogen and oxygen atoms in total. The molecule has 0 aromatic heterocycles. The van der Waals surface area contributed by atoms with Gasteiger partial charge in [0.15, 0.2) is 0 Å². The Bertz CT molecular complexity index is 287. The molecule has 0 radical (unpaired) electrons. The standard InChI is InChI=1S/C11H18N2O/c1-9-3-4-11(14)10(7-9)8-13-6-2-5-12/h3-4,7,13-14H,2,5-6,8,12H2,1H3. The predicted octanol–water partition coefficient (Wildman–Crippen LogP) is 1.14. The summed E-state index contributed by atoms with van der Waals surface area (Å²) in [6, 6.07) is 5.62. The van der Waals surface area contributed by atoms with E-state index in [2.05, 4.69) is 5.32 Å². The number of hydrogen-bond donors (Lipinski definition) is 3. The molecule has 0 saturated carbocycles. The summed E-state index contributed by atoms with van der Waals surface area (Å²) >= 11 is 0. The highest BCUT2D eigenvalue weighted by Gasteiger charge is 1.99. The summed E-state index contributed by atoms with van der Waals surface area (Å²) in [5.74, 6) is 0.357. The molecule has 1 aromatic carbocycles. The highest BCUT2D eigenvalue weighted by atomic mass is 16.3. The number of phenols is 1. The van der Waals surface area contributed by atoms with Crippen LogP contribution in [0.5, 0.6) is 5.75 Å². The molecule has 0 aliphatic heterocycles. The van der Waals surface area contributed by atoms with E-state index in [0.29, 0.717) is 18.8 Å². The Morgan fingerprint density at radius 3 is 2.93 bits per heavy atom. The number of nitrogens with one attached hydrogen (secondary N) is 1. The molecule has 0 heterocycles. The summed E-state index contributed by atoms with van der Waals surface area (Å²) in [5.41, 5.74) is 7.48. The van der Waals surface area contributed by atoms with E-state index in [9.17, 15) is 5.11 Å². The minimum atomic E-state index is 0.357. The van der Waals surface area contributed by atoms with Gasteiger partial charge in [-0.2, -0.15) is 0 Å². The van der Waals surface area contributed by atoms with Crippen LogP contribution in [0.15, 0.2) is 18.2 Å². The lowest BCUT2D eigenvalue weighted by Gasteiger charge is -2.07. The van der Waals surface area contributed by atoms with Crippen LogP contribution < -0.4 is 11.1 Å². The van der Waals surface area contributed by atoms with Crippen LogP contribution in [0.1, 0.15) is 17.5 Å². The van der Waals surface area contributed by atoms with Crippen molar-refractivity contribution in [3.05, 3.63) is 29.3 Å². The molecule has 0 spiro atoms. The quantitative estimate of drug-likeness (QED) is 0.616. The average molecular weight is 194 g/mol. The van der Waals surface area contributed by atoms with Crippen LogP contribution in [0.25, 0.3) is 0 Å². The van der Waals surface area contributed by atoms with Gasteiger partial charge in [0.1, 0.15) is 5.75 Å². The van der Waals surface area contributed by atoms with Crippen molar-refractivity contribution in [2.24, 2.45) is 5.73 Å². The number of aromatic hydroxyl groups is 1. The zero-order valence-electron chi connectivity index (χ0n) is 8.59. The molecule has 4 N–H and O–H groups in total. The Labute approximate surface area is 84.9 Å². The molecule has 0 amide bonds. The maximum atomic E-state index is 9.53. The fourth-order valence-electron chi connectivity index (χ4n) is 1.31. The van der Waals surface area contributed by atoms with Gasteiger partial charge >= 0.3 is 0 Å². The lowest BCUT2D eigenvalue weighted by atomic mass is 10.1. The molecule has 0 bridgehead atoms. The molecule has 14 heavy (non-hydrogen) atoms. The summed E-state index contributed by atoms with van der Waals surface area (Å²) in [6.07, 6.45) is 0.965. The molecule has 1 aromatic rings. The second-order valence-corrected chi connectivity index (χ2v) is 3.45. The summed E-state index contributed by atoms with van der Waals surface area (Å²) in [5, 5.41) is 12.8. The van der Waals surface area contributed by atoms with Gasteiger partial charge in [0.2, 0.25) is 0 Å². The van der Waals surface area contributed by atoms with Crippen molar-refractivity contribution >= 4 is 0 Å². The molecule has 78 valence electrons. The van der Waals surface area contributed by atoms with Gasteiger partial charge in [-0.05, 0) is 32.5 Å². The molecular formula is C11H18N2O. The monoisotopic (exact) mass is 194 g/mol. The van der Waals surface area contributed by atoms with Gasteiger partial charge in [-0.3, -0.25) is 0 Å². The molecule has 0 atom stereocenters. The van der Waals surface area contributed by atoms with Crippen LogP contribution in [-0.2, 0) is 6.54 Å². The van der Waals surface area contributed by atoms with Gasteiger partial charge in [-0.15, -0.1) is 0 Å². The first kappa shape index (κ1) is 11.0. The summed E-state index contributed by atoms with van der Waals surface area (Å²) < 4.78 is 0. The van der Waals surface area contributed by atoms with Crippen molar-refractivity contribution < 1.29 is 5.11 Å². The van der Waals surface area contributed by atoms with Gasteiger partial charge in [0, 0.05) is 12.1 Å². The fraction of sp³-hybridized carbons (Fsp3) is 0.455. The maximum Gasteiger partial charge on any atom is 0.120 e. The smallest absolute Gasteiger partial charge is 0.120 e.